The van der Waals surface area contributed by atoms with E-state index >= 15 is 0 Å². The summed E-state index contributed by atoms with van der Waals surface area (Å²) in [6.45, 7) is 4.38. The quantitative estimate of drug-likeness (QED) is 0.789. The molecule has 1 aromatic carbocycles. The molecule has 2 heterocycles. The van der Waals surface area contributed by atoms with E-state index in [1.54, 1.807) is 11.7 Å². The molecule has 0 radical (unpaired) electrons. The highest BCUT2D eigenvalue weighted by Gasteiger charge is 2.09. The van der Waals surface area contributed by atoms with E-state index in [4.69, 9.17) is 0 Å². The topological polar surface area (TPSA) is 54.5 Å². The average molecular weight is 270 g/mol. The van der Waals surface area contributed by atoms with Crippen LogP contribution in [0, 0.1) is 0 Å². The van der Waals surface area contributed by atoms with Crippen LogP contribution in [0.4, 0.5) is 0 Å². The van der Waals surface area contributed by atoms with Crippen molar-refractivity contribution in [2.24, 2.45) is 0 Å². The van der Waals surface area contributed by atoms with Crippen LogP contribution in [0.2, 0.25) is 0 Å². The number of aromatic amines is 1. The maximum atomic E-state index is 4.43. The molecular weight excluding hydrogens is 256 g/mol. The zero-order valence-electron chi connectivity index (χ0n) is 10.8. The summed E-state index contributed by atoms with van der Waals surface area (Å²) in [5.74, 6) is 1.38. The molecule has 0 aliphatic carbocycles. The van der Waals surface area contributed by atoms with E-state index < -0.39 is 0 Å². The Morgan fingerprint density at radius 3 is 2.89 bits per heavy atom. The minimum Gasteiger partial charge on any atom is -0.336 e. The molecule has 5 heteroatoms. The lowest BCUT2D eigenvalue weighted by Gasteiger charge is -2.06. The number of aromatic nitrogens is 4. The van der Waals surface area contributed by atoms with Crippen LogP contribution in [0.25, 0.3) is 22.1 Å². The fourth-order valence-corrected chi connectivity index (χ4v) is 2.43. The van der Waals surface area contributed by atoms with Crippen LogP contribution in [-0.2, 0) is 0 Å². The maximum absolute atomic E-state index is 4.43. The van der Waals surface area contributed by atoms with Crippen molar-refractivity contribution in [3.8, 4) is 22.1 Å². The number of nitrogens with zero attached hydrogens (tertiary/aromatic N) is 3. The number of hydrogen-bond acceptors (Lipinski definition) is 4. The third-order valence-corrected chi connectivity index (χ3v) is 3.72. The van der Waals surface area contributed by atoms with Gasteiger partial charge in [0, 0.05) is 5.56 Å². The minimum absolute atomic E-state index is 0.512. The normalized spacial score (nSPS) is 11.1. The van der Waals surface area contributed by atoms with Crippen molar-refractivity contribution in [2.75, 3.05) is 0 Å². The highest BCUT2D eigenvalue weighted by Crippen LogP contribution is 2.25. The minimum atomic E-state index is 0.512. The van der Waals surface area contributed by atoms with Gasteiger partial charge in [-0.2, -0.15) is 0 Å². The Kier molecular flexibility index (Phi) is 3.13. The van der Waals surface area contributed by atoms with E-state index in [1.165, 1.54) is 16.9 Å². The maximum Gasteiger partial charge on any atom is 0.165 e. The van der Waals surface area contributed by atoms with Gasteiger partial charge in [0.2, 0.25) is 0 Å². The van der Waals surface area contributed by atoms with Gasteiger partial charge < -0.3 is 4.98 Å². The molecule has 0 spiro atoms. The second-order valence-electron chi connectivity index (χ2n) is 4.67. The van der Waals surface area contributed by atoms with Crippen LogP contribution in [0.5, 0.6) is 0 Å². The Labute approximate surface area is 115 Å². The number of nitrogens with one attached hydrogen (secondary N) is 1. The summed E-state index contributed by atoms with van der Waals surface area (Å²) < 4.78 is 0. The molecule has 0 amide bonds. The van der Waals surface area contributed by atoms with Crippen LogP contribution in [0.3, 0.4) is 0 Å². The van der Waals surface area contributed by atoms with Crippen molar-refractivity contribution in [1.82, 2.24) is 20.2 Å². The van der Waals surface area contributed by atoms with Crippen LogP contribution < -0.4 is 0 Å². The first-order chi connectivity index (χ1) is 9.24. The zero-order valence-corrected chi connectivity index (χ0v) is 11.6. The number of imidazole rings is 1. The lowest BCUT2D eigenvalue weighted by molar-refractivity contribution is 0.867. The second-order valence-corrected chi connectivity index (χ2v) is 5.50. The summed E-state index contributed by atoms with van der Waals surface area (Å²) >= 11 is 1.50. The van der Waals surface area contributed by atoms with E-state index in [0.717, 1.165) is 22.1 Å². The smallest absolute Gasteiger partial charge is 0.165 e. The third kappa shape index (κ3) is 2.42. The van der Waals surface area contributed by atoms with E-state index in [2.05, 4.69) is 58.3 Å². The Bertz CT molecular complexity index is 670. The highest BCUT2D eigenvalue weighted by atomic mass is 32.1. The molecule has 0 atom stereocenters. The van der Waals surface area contributed by atoms with Crippen molar-refractivity contribution in [3.63, 3.8) is 0 Å². The van der Waals surface area contributed by atoms with Gasteiger partial charge in [-0.05, 0) is 17.5 Å². The summed E-state index contributed by atoms with van der Waals surface area (Å²) in [4.78, 5) is 7.72. The van der Waals surface area contributed by atoms with Gasteiger partial charge in [-0.25, -0.2) is 4.98 Å². The number of hydrogen-bond donors (Lipinski definition) is 1. The van der Waals surface area contributed by atoms with Gasteiger partial charge in [0.05, 0.1) is 11.9 Å². The molecule has 0 bridgehead atoms. The van der Waals surface area contributed by atoms with Gasteiger partial charge in [0.25, 0.3) is 0 Å². The standard InChI is InChI=1S/C14H14N4S/c1-9(2)10-4-3-5-11(6-10)13-15-7-12(17-13)14-18-16-8-19-14/h3-9H,1-2H3,(H,15,17). The van der Waals surface area contributed by atoms with Gasteiger partial charge in [-0.1, -0.05) is 43.4 Å². The summed E-state index contributed by atoms with van der Waals surface area (Å²) in [6.07, 6.45) is 1.80. The molecule has 0 aliphatic heterocycles. The van der Waals surface area contributed by atoms with Crippen LogP contribution >= 0.6 is 11.3 Å². The monoisotopic (exact) mass is 270 g/mol. The first-order valence-corrected chi connectivity index (χ1v) is 7.04. The average Bonchev–Trinajstić information content (AvgIpc) is 3.09. The van der Waals surface area contributed by atoms with Gasteiger partial charge in [0.1, 0.15) is 11.3 Å². The highest BCUT2D eigenvalue weighted by molar-refractivity contribution is 7.12. The molecule has 96 valence electrons. The fraction of sp³-hybridized carbons (Fsp3) is 0.214. The summed E-state index contributed by atoms with van der Waals surface area (Å²) in [5, 5.41) is 8.74. The molecule has 0 saturated carbocycles. The third-order valence-electron chi connectivity index (χ3n) is 2.99. The van der Waals surface area contributed by atoms with E-state index in [-0.39, 0.29) is 0 Å². The van der Waals surface area contributed by atoms with Crippen molar-refractivity contribution in [2.45, 2.75) is 19.8 Å². The number of H-pyrrole nitrogens is 1. The molecular formula is C14H14N4S. The second kappa shape index (κ2) is 4.93. The Morgan fingerprint density at radius 1 is 1.26 bits per heavy atom. The van der Waals surface area contributed by atoms with Crippen LogP contribution in [0.1, 0.15) is 25.3 Å². The molecule has 0 unspecified atom stereocenters. The lowest BCUT2D eigenvalue weighted by atomic mass is 10.0. The largest absolute Gasteiger partial charge is 0.336 e. The lowest BCUT2D eigenvalue weighted by Crippen LogP contribution is -1.88. The SMILES string of the molecule is CC(C)c1cccc(-c2ncc(-c3nncs3)[nH]2)c1. The summed E-state index contributed by atoms with van der Waals surface area (Å²) in [6, 6.07) is 8.45. The van der Waals surface area contributed by atoms with Crippen molar-refractivity contribution >= 4 is 11.3 Å². The molecule has 3 rings (SSSR count). The predicted molar refractivity (Wildman–Crippen MR) is 77.0 cm³/mol. The fourth-order valence-electron chi connectivity index (χ4n) is 1.91. The van der Waals surface area contributed by atoms with Gasteiger partial charge in [-0.3, -0.25) is 0 Å². The molecule has 19 heavy (non-hydrogen) atoms. The Balaban J connectivity index is 1.97. The molecule has 0 fully saturated rings. The summed E-state index contributed by atoms with van der Waals surface area (Å²) in [7, 11) is 0. The first-order valence-electron chi connectivity index (χ1n) is 6.16. The molecule has 3 aromatic rings. The van der Waals surface area contributed by atoms with Crippen LogP contribution in [0.15, 0.2) is 36.0 Å². The molecule has 0 saturated heterocycles. The van der Waals surface area contributed by atoms with Gasteiger partial charge in [0.15, 0.2) is 5.01 Å². The first kappa shape index (κ1) is 12.0. The predicted octanol–water partition coefficient (Wildman–Crippen LogP) is 3.72. The molecule has 2 aromatic heterocycles. The zero-order chi connectivity index (χ0) is 13.2. The molecule has 1 N–H and O–H groups in total. The van der Waals surface area contributed by atoms with E-state index in [0.29, 0.717) is 5.92 Å². The Hall–Kier alpha value is -2.01. The molecule has 4 nitrogen and oxygen atoms in total. The van der Waals surface area contributed by atoms with Crippen LogP contribution in [-0.4, -0.2) is 20.2 Å². The van der Waals surface area contributed by atoms with Crippen molar-refractivity contribution < 1.29 is 0 Å². The molecule has 0 aliphatic rings. The van der Waals surface area contributed by atoms with Gasteiger partial charge >= 0.3 is 0 Å². The van der Waals surface area contributed by atoms with E-state index in [9.17, 15) is 0 Å². The number of benzene rings is 1. The Morgan fingerprint density at radius 2 is 2.16 bits per heavy atom. The van der Waals surface area contributed by atoms with Gasteiger partial charge in [-0.15, -0.1) is 10.2 Å². The van der Waals surface area contributed by atoms with Crippen molar-refractivity contribution in [1.29, 1.82) is 0 Å². The number of rotatable bonds is 3. The van der Waals surface area contributed by atoms with E-state index in [1.807, 2.05) is 0 Å². The summed E-state index contributed by atoms with van der Waals surface area (Å²) in [5.41, 5.74) is 5.04. The van der Waals surface area contributed by atoms with Crippen molar-refractivity contribution in [3.05, 3.63) is 41.5 Å².